The summed E-state index contributed by atoms with van der Waals surface area (Å²) >= 11 is 0. The molecule has 2 N–H and O–H groups in total. The van der Waals surface area contributed by atoms with Gasteiger partial charge in [-0.05, 0) is 30.5 Å². The van der Waals surface area contributed by atoms with Gasteiger partial charge in [0.05, 0.1) is 12.2 Å². The highest BCUT2D eigenvalue weighted by Crippen LogP contribution is 2.17. The van der Waals surface area contributed by atoms with E-state index in [-0.39, 0.29) is 6.04 Å². The summed E-state index contributed by atoms with van der Waals surface area (Å²) in [4.78, 5) is 4.49. The molecule has 0 fully saturated rings. The van der Waals surface area contributed by atoms with E-state index in [1.165, 1.54) is 16.7 Å². The lowest BCUT2D eigenvalue weighted by Gasteiger charge is -2.14. The smallest absolute Gasteiger partial charge is 0.245 e. The number of aryl methyl sites for hydroxylation is 1. The van der Waals surface area contributed by atoms with Gasteiger partial charge in [-0.3, -0.25) is 0 Å². The molecular formula is C19H21N5. The standard InChI is InChI=1S/C19H21N5/c1-14-8-6-7-11-17(14)12-20-18-13-21-24-19(23-18)22-15(2)16-9-4-3-5-10-16/h3-11,13,15H,12H2,1-2H3,(H2,20,22,23,24). The predicted molar refractivity (Wildman–Crippen MR) is 96.8 cm³/mol. The average Bonchev–Trinajstić information content (AvgIpc) is 2.62. The van der Waals surface area contributed by atoms with Crippen LogP contribution in [0.2, 0.25) is 0 Å². The van der Waals surface area contributed by atoms with Gasteiger partial charge >= 0.3 is 0 Å². The molecule has 24 heavy (non-hydrogen) atoms. The van der Waals surface area contributed by atoms with E-state index in [1.54, 1.807) is 6.20 Å². The van der Waals surface area contributed by atoms with E-state index in [2.05, 4.69) is 63.9 Å². The van der Waals surface area contributed by atoms with Gasteiger partial charge in [0.1, 0.15) is 0 Å². The van der Waals surface area contributed by atoms with Gasteiger partial charge in [-0.25, -0.2) is 0 Å². The van der Waals surface area contributed by atoms with Crippen LogP contribution in [0.5, 0.6) is 0 Å². The van der Waals surface area contributed by atoms with Crippen LogP contribution in [0, 0.1) is 6.92 Å². The van der Waals surface area contributed by atoms with Gasteiger partial charge in [-0.1, -0.05) is 54.6 Å². The largest absolute Gasteiger partial charge is 0.365 e. The van der Waals surface area contributed by atoms with Gasteiger partial charge in [-0.15, -0.1) is 5.10 Å². The number of anilines is 2. The molecule has 1 heterocycles. The lowest BCUT2D eigenvalue weighted by molar-refractivity contribution is 0.839. The number of rotatable bonds is 6. The molecular weight excluding hydrogens is 298 g/mol. The summed E-state index contributed by atoms with van der Waals surface area (Å²) in [5.41, 5.74) is 3.67. The SMILES string of the molecule is Cc1ccccc1CNc1cnnc(NC(C)c2ccccc2)n1. The van der Waals surface area contributed by atoms with Crippen molar-refractivity contribution in [2.75, 3.05) is 10.6 Å². The minimum absolute atomic E-state index is 0.111. The van der Waals surface area contributed by atoms with Gasteiger partial charge in [0.2, 0.25) is 5.95 Å². The fourth-order valence-electron chi connectivity index (χ4n) is 2.46. The second-order valence-corrected chi connectivity index (χ2v) is 5.72. The number of nitrogens with one attached hydrogen (secondary N) is 2. The van der Waals surface area contributed by atoms with Crippen LogP contribution in [-0.2, 0) is 6.54 Å². The van der Waals surface area contributed by atoms with E-state index in [0.29, 0.717) is 18.3 Å². The van der Waals surface area contributed by atoms with Crippen molar-refractivity contribution in [3.8, 4) is 0 Å². The third kappa shape index (κ3) is 4.07. The summed E-state index contributed by atoms with van der Waals surface area (Å²) in [7, 11) is 0. The maximum atomic E-state index is 4.49. The maximum Gasteiger partial charge on any atom is 0.245 e. The minimum Gasteiger partial charge on any atom is -0.365 e. The summed E-state index contributed by atoms with van der Waals surface area (Å²) in [6, 6.07) is 18.6. The van der Waals surface area contributed by atoms with Crippen LogP contribution in [0.25, 0.3) is 0 Å². The molecule has 0 aliphatic rings. The van der Waals surface area contributed by atoms with Crippen molar-refractivity contribution < 1.29 is 0 Å². The molecule has 122 valence electrons. The molecule has 1 aromatic heterocycles. The molecule has 1 atom stereocenters. The van der Waals surface area contributed by atoms with Crippen molar-refractivity contribution in [3.63, 3.8) is 0 Å². The van der Waals surface area contributed by atoms with Gasteiger partial charge in [0.25, 0.3) is 0 Å². The van der Waals surface area contributed by atoms with E-state index in [9.17, 15) is 0 Å². The molecule has 0 radical (unpaired) electrons. The first-order valence-corrected chi connectivity index (χ1v) is 8.02. The Balaban J connectivity index is 1.65. The van der Waals surface area contributed by atoms with Crippen molar-refractivity contribution in [2.45, 2.75) is 26.4 Å². The van der Waals surface area contributed by atoms with E-state index >= 15 is 0 Å². The van der Waals surface area contributed by atoms with Crippen LogP contribution >= 0.6 is 0 Å². The number of hydrogen-bond donors (Lipinski definition) is 2. The molecule has 0 aliphatic heterocycles. The first kappa shape index (κ1) is 15.9. The topological polar surface area (TPSA) is 62.7 Å². The van der Waals surface area contributed by atoms with Crippen molar-refractivity contribution in [3.05, 3.63) is 77.5 Å². The van der Waals surface area contributed by atoms with Crippen molar-refractivity contribution in [1.82, 2.24) is 15.2 Å². The molecule has 3 aromatic rings. The second kappa shape index (κ2) is 7.55. The Morgan fingerprint density at radius 2 is 1.75 bits per heavy atom. The Labute approximate surface area is 142 Å². The summed E-state index contributed by atoms with van der Waals surface area (Å²) in [5, 5.41) is 14.7. The second-order valence-electron chi connectivity index (χ2n) is 5.72. The Kier molecular flexibility index (Phi) is 5.01. The van der Waals surface area contributed by atoms with Crippen molar-refractivity contribution in [2.24, 2.45) is 0 Å². The van der Waals surface area contributed by atoms with Crippen LogP contribution in [0.15, 0.2) is 60.8 Å². The molecule has 0 saturated carbocycles. The van der Waals surface area contributed by atoms with E-state index in [0.717, 1.165) is 0 Å². The highest BCUT2D eigenvalue weighted by Gasteiger charge is 2.07. The monoisotopic (exact) mass is 319 g/mol. The zero-order chi connectivity index (χ0) is 16.8. The summed E-state index contributed by atoms with van der Waals surface area (Å²) < 4.78 is 0. The summed E-state index contributed by atoms with van der Waals surface area (Å²) in [6.45, 7) is 4.88. The van der Waals surface area contributed by atoms with Gasteiger partial charge in [0, 0.05) is 6.54 Å². The number of aromatic nitrogens is 3. The highest BCUT2D eigenvalue weighted by molar-refractivity contribution is 5.40. The van der Waals surface area contributed by atoms with Crippen LogP contribution in [0.3, 0.4) is 0 Å². The molecule has 1 unspecified atom stereocenters. The molecule has 2 aromatic carbocycles. The molecule has 0 bridgehead atoms. The number of hydrogen-bond acceptors (Lipinski definition) is 5. The molecule has 0 aliphatic carbocycles. The Hall–Kier alpha value is -2.95. The predicted octanol–water partition coefficient (Wildman–Crippen LogP) is 3.97. The molecule has 0 spiro atoms. The van der Waals surface area contributed by atoms with Gasteiger partial charge in [-0.2, -0.15) is 10.1 Å². The van der Waals surface area contributed by atoms with E-state index in [4.69, 9.17) is 0 Å². The van der Waals surface area contributed by atoms with Crippen molar-refractivity contribution >= 4 is 11.8 Å². The highest BCUT2D eigenvalue weighted by atomic mass is 15.3. The third-order valence-electron chi connectivity index (χ3n) is 3.93. The zero-order valence-electron chi connectivity index (χ0n) is 13.9. The normalized spacial score (nSPS) is 11.8. The van der Waals surface area contributed by atoms with Crippen LogP contribution in [-0.4, -0.2) is 15.2 Å². The first-order chi connectivity index (χ1) is 11.7. The Morgan fingerprint density at radius 3 is 2.54 bits per heavy atom. The number of benzene rings is 2. The maximum absolute atomic E-state index is 4.49. The van der Waals surface area contributed by atoms with Gasteiger partial charge in [0.15, 0.2) is 5.82 Å². The first-order valence-electron chi connectivity index (χ1n) is 8.02. The van der Waals surface area contributed by atoms with Crippen molar-refractivity contribution in [1.29, 1.82) is 0 Å². The zero-order valence-corrected chi connectivity index (χ0v) is 13.9. The molecule has 3 rings (SSSR count). The lowest BCUT2D eigenvalue weighted by Crippen LogP contribution is -2.11. The summed E-state index contributed by atoms with van der Waals surface area (Å²) in [6.07, 6.45) is 1.64. The fraction of sp³-hybridized carbons (Fsp3) is 0.211. The average molecular weight is 319 g/mol. The van der Waals surface area contributed by atoms with E-state index in [1.807, 2.05) is 30.3 Å². The van der Waals surface area contributed by atoms with Gasteiger partial charge < -0.3 is 10.6 Å². The lowest BCUT2D eigenvalue weighted by atomic mass is 10.1. The Bertz CT molecular complexity index is 789. The molecule has 0 amide bonds. The molecule has 0 saturated heterocycles. The Morgan fingerprint density at radius 1 is 1.00 bits per heavy atom. The molecule has 5 heteroatoms. The fourth-order valence-corrected chi connectivity index (χ4v) is 2.46. The third-order valence-corrected chi connectivity index (χ3v) is 3.93. The van der Waals surface area contributed by atoms with E-state index < -0.39 is 0 Å². The molecule has 5 nitrogen and oxygen atoms in total. The van der Waals surface area contributed by atoms with Crippen LogP contribution in [0.1, 0.15) is 29.7 Å². The van der Waals surface area contributed by atoms with Crippen LogP contribution in [0.4, 0.5) is 11.8 Å². The minimum atomic E-state index is 0.111. The quantitative estimate of drug-likeness (QED) is 0.720. The summed E-state index contributed by atoms with van der Waals surface area (Å²) in [5.74, 6) is 1.22. The van der Waals surface area contributed by atoms with Crippen LogP contribution < -0.4 is 10.6 Å². The number of nitrogens with zero attached hydrogens (tertiary/aromatic N) is 3.